The summed E-state index contributed by atoms with van der Waals surface area (Å²) in [6, 6.07) is 14.1. The van der Waals surface area contributed by atoms with Gasteiger partial charge in [-0.2, -0.15) is 0 Å². The molecule has 0 aliphatic heterocycles. The van der Waals surface area contributed by atoms with Crippen LogP contribution in [0.5, 0.6) is 11.5 Å². The van der Waals surface area contributed by atoms with Crippen molar-refractivity contribution in [3.05, 3.63) is 59.9 Å². The molecular weight excluding hydrogens is 294 g/mol. The van der Waals surface area contributed by atoms with Gasteiger partial charge in [-0.25, -0.2) is 4.39 Å². The summed E-state index contributed by atoms with van der Waals surface area (Å²) >= 11 is 0. The predicted molar refractivity (Wildman–Crippen MR) is 90.6 cm³/mol. The first kappa shape index (κ1) is 15.4. The average Bonchev–Trinajstić information content (AvgIpc) is 2.57. The molecule has 5 heteroatoms. The van der Waals surface area contributed by atoms with Crippen molar-refractivity contribution in [2.75, 3.05) is 7.11 Å². The molecule has 0 heterocycles. The van der Waals surface area contributed by atoms with Gasteiger partial charge < -0.3 is 14.4 Å². The minimum atomic E-state index is -0.378. The fourth-order valence-corrected chi connectivity index (χ4v) is 2.77. The smallest absolute Gasteiger partial charge is 0.504 e. The highest BCUT2D eigenvalue weighted by molar-refractivity contribution is 6.17. The number of rotatable bonds is 4. The van der Waals surface area contributed by atoms with E-state index in [0.717, 1.165) is 16.3 Å². The highest BCUT2D eigenvalue weighted by Gasteiger charge is 2.14. The number of ether oxygens (including phenoxy) is 1. The number of aryl methyl sites for hydroxylation is 1. The standard InChI is InChI=1S/C18H16BFO3/c1-11-14-10-18(22-2)15(13-5-3-4-6-16(13)20)9-12(14)7-8-17(11)23-19-21/h3-10,19,21H,1-2H3. The minimum Gasteiger partial charge on any atom is -0.539 e. The van der Waals surface area contributed by atoms with Gasteiger partial charge in [0.15, 0.2) is 0 Å². The van der Waals surface area contributed by atoms with E-state index in [9.17, 15) is 4.39 Å². The van der Waals surface area contributed by atoms with Crippen LogP contribution in [0.15, 0.2) is 48.5 Å². The van der Waals surface area contributed by atoms with Crippen LogP contribution in [0.25, 0.3) is 21.9 Å². The van der Waals surface area contributed by atoms with Crippen molar-refractivity contribution >= 4 is 18.5 Å². The Bertz CT molecular complexity index is 864. The van der Waals surface area contributed by atoms with Crippen LogP contribution in [-0.2, 0) is 0 Å². The second kappa shape index (κ2) is 6.30. The van der Waals surface area contributed by atoms with E-state index in [1.165, 1.54) is 6.07 Å². The largest absolute Gasteiger partial charge is 0.539 e. The predicted octanol–water partition coefficient (Wildman–Crippen LogP) is 3.60. The van der Waals surface area contributed by atoms with Crippen molar-refractivity contribution in [1.29, 1.82) is 0 Å². The number of fused-ring (bicyclic) bond motifs is 1. The minimum absolute atomic E-state index is 0.290. The summed E-state index contributed by atoms with van der Waals surface area (Å²) in [6.45, 7) is 1.91. The normalized spacial score (nSPS) is 10.6. The summed E-state index contributed by atoms with van der Waals surface area (Å²) in [7, 11) is 1.19. The number of hydrogen-bond donors (Lipinski definition) is 1. The van der Waals surface area contributed by atoms with Crippen molar-refractivity contribution in [2.24, 2.45) is 0 Å². The molecule has 3 aromatic carbocycles. The van der Waals surface area contributed by atoms with Crippen LogP contribution in [-0.4, -0.2) is 19.8 Å². The third kappa shape index (κ3) is 2.75. The van der Waals surface area contributed by atoms with E-state index in [1.54, 1.807) is 31.4 Å². The molecule has 0 atom stereocenters. The molecular formula is C18H16BFO3. The zero-order chi connectivity index (χ0) is 16.4. The molecule has 0 amide bonds. The molecule has 0 aliphatic carbocycles. The molecule has 0 saturated carbocycles. The van der Waals surface area contributed by atoms with Crippen LogP contribution in [0.1, 0.15) is 5.56 Å². The summed E-state index contributed by atoms with van der Waals surface area (Å²) in [6.07, 6.45) is 0. The molecule has 0 aliphatic rings. The van der Waals surface area contributed by atoms with E-state index >= 15 is 0 Å². The van der Waals surface area contributed by atoms with Crippen molar-refractivity contribution in [2.45, 2.75) is 6.92 Å². The molecule has 116 valence electrons. The molecule has 23 heavy (non-hydrogen) atoms. The first-order valence-electron chi connectivity index (χ1n) is 7.25. The van der Waals surface area contributed by atoms with Gasteiger partial charge in [0, 0.05) is 11.1 Å². The van der Waals surface area contributed by atoms with Crippen LogP contribution >= 0.6 is 0 Å². The van der Waals surface area contributed by atoms with E-state index in [4.69, 9.17) is 14.4 Å². The van der Waals surface area contributed by atoms with E-state index in [1.807, 2.05) is 25.1 Å². The van der Waals surface area contributed by atoms with Crippen LogP contribution in [0.4, 0.5) is 4.39 Å². The molecule has 3 aromatic rings. The molecule has 0 aromatic heterocycles. The summed E-state index contributed by atoms with van der Waals surface area (Å²) in [5, 5.41) is 10.8. The van der Waals surface area contributed by atoms with E-state index in [2.05, 4.69) is 0 Å². The fourth-order valence-electron chi connectivity index (χ4n) is 2.77. The summed E-state index contributed by atoms with van der Waals surface area (Å²) in [4.78, 5) is 0. The van der Waals surface area contributed by atoms with Crippen LogP contribution in [0.2, 0.25) is 0 Å². The van der Waals surface area contributed by atoms with Crippen LogP contribution in [0.3, 0.4) is 0 Å². The summed E-state index contributed by atoms with van der Waals surface area (Å²) in [5.41, 5.74) is 2.10. The Morgan fingerprint density at radius 2 is 1.78 bits per heavy atom. The second-order valence-electron chi connectivity index (χ2n) is 5.22. The van der Waals surface area contributed by atoms with Gasteiger partial charge >= 0.3 is 7.69 Å². The van der Waals surface area contributed by atoms with Crippen molar-refractivity contribution in [1.82, 2.24) is 0 Å². The van der Waals surface area contributed by atoms with Gasteiger partial charge in [-0.15, -0.1) is 0 Å². The summed E-state index contributed by atoms with van der Waals surface area (Å²) < 4.78 is 24.8. The maximum absolute atomic E-state index is 14.1. The molecule has 0 fully saturated rings. The Morgan fingerprint density at radius 1 is 1.00 bits per heavy atom. The van der Waals surface area contributed by atoms with E-state index in [-0.39, 0.29) is 13.5 Å². The maximum atomic E-state index is 14.1. The highest BCUT2D eigenvalue weighted by atomic mass is 19.1. The first-order valence-corrected chi connectivity index (χ1v) is 7.25. The molecule has 1 N–H and O–H groups in total. The average molecular weight is 310 g/mol. The third-order valence-corrected chi connectivity index (χ3v) is 3.94. The van der Waals surface area contributed by atoms with Crippen molar-refractivity contribution in [3.63, 3.8) is 0 Å². The van der Waals surface area contributed by atoms with Gasteiger partial charge in [0.2, 0.25) is 0 Å². The third-order valence-electron chi connectivity index (χ3n) is 3.94. The number of methoxy groups -OCH3 is 1. The molecule has 0 radical (unpaired) electrons. The molecule has 0 bridgehead atoms. The van der Waals surface area contributed by atoms with Gasteiger partial charge in [0.25, 0.3) is 0 Å². The van der Waals surface area contributed by atoms with Gasteiger partial charge in [-0.05, 0) is 47.5 Å². The quantitative estimate of drug-likeness (QED) is 0.748. The fraction of sp³-hybridized carbons (Fsp3) is 0.111. The second-order valence-corrected chi connectivity index (χ2v) is 5.22. The zero-order valence-corrected chi connectivity index (χ0v) is 13.0. The van der Waals surface area contributed by atoms with Crippen molar-refractivity contribution < 1.29 is 18.8 Å². The van der Waals surface area contributed by atoms with Crippen LogP contribution in [0, 0.1) is 12.7 Å². The van der Waals surface area contributed by atoms with Gasteiger partial charge in [-0.1, -0.05) is 24.3 Å². The Labute approximate surface area is 134 Å². The Morgan fingerprint density at radius 3 is 2.48 bits per heavy atom. The van der Waals surface area contributed by atoms with Gasteiger partial charge in [-0.3, -0.25) is 0 Å². The monoisotopic (exact) mass is 310 g/mol. The first-order chi connectivity index (χ1) is 11.2. The Hall–Kier alpha value is -2.53. The number of halogens is 1. The lowest BCUT2D eigenvalue weighted by atomic mass is 9.97. The van der Waals surface area contributed by atoms with E-state index in [0.29, 0.717) is 22.6 Å². The lowest BCUT2D eigenvalue weighted by Gasteiger charge is -2.14. The maximum Gasteiger partial charge on any atom is 0.504 e. The van der Waals surface area contributed by atoms with Crippen molar-refractivity contribution in [3.8, 4) is 22.6 Å². The molecule has 0 saturated heterocycles. The SMILES string of the molecule is COc1cc2c(C)c(OBO)ccc2cc1-c1ccccc1F. The highest BCUT2D eigenvalue weighted by Crippen LogP contribution is 2.38. The number of hydrogen-bond acceptors (Lipinski definition) is 3. The molecule has 3 nitrogen and oxygen atoms in total. The van der Waals surface area contributed by atoms with E-state index < -0.39 is 0 Å². The number of benzene rings is 3. The van der Waals surface area contributed by atoms with Gasteiger partial charge in [0.05, 0.1) is 7.11 Å². The Balaban J connectivity index is 2.25. The lowest BCUT2D eigenvalue weighted by Crippen LogP contribution is -2.01. The molecule has 0 unspecified atom stereocenters. The Kier molecular flexibility index (Phi) is 4.21. The molecule has 0 spiro atoms. The van der Waals surface area contributed by atoms with Crippen LogP contribution < -0.4 is 9.39 Å². The summed E-state index contributed by atoms with van der Waals surface area (Å²) in [5.74, 6) is 0.912. The lowest BCUT2D eigenvalue weighted by molar-refractivity contribution is 0.416. The zero-order valence-electron chi connectivity index (χ0n) is 13.0. The van der Waals surface area contributed by atoms with Gasteiger partial charge in [0.1, 0.15) is 17.3 Å². The molecule has 3 rings (SSSR count). The topological polar surface area (TPSA) is 38.7 Å².